The number of aromatic amines is 1. The predicted molar refractivity (Wildman–Crippen MR) is 132 cm³/mol. The Labute approximate surface area is 202 Å². The highest BCUT2D eigenvalue weighted by atomic mass is 16.6. The largest absolute Gasteiger partial charge is 0.497 e. The Morgan fingerprint density at radius 1 is 0.971 bits per heavy atom. The molecule has 2 heterocycles. The zero-order valence-electron chi connectivity index (χ0n) is 19.2. The molecular weight excluding hydrogens is 446 g/mol. The summed E-state index contributed by atoms with van der Waals surface area (Å²) in [6.07, 6.45) is 0.110. The third-order valence-corrected chi connectivity index (χ3v) is 5.76. The number of para-hydroxylation sites is 1. The van der Waals surface area contributed by atoms with Crippen LogP contribution in [0.1, 0.15) is 17.3 Å². The van der Waals surface area contributed by atoms with E-state index in [4.69, 9.17) is 14.2 Å². The van der Waals surface area contributed by atoms with Crippen molar-refractivity contribution in [3.05, 3.63) is 84.1 Å². The van der Waals surface area contributed by atoms with Crippen molar-refractivity contribution in [1.82, 2.24) is 10.3 Å². The first-order valence-corrected chi connectivity index (χ1v) is 11.3. The SMILES string of the molecule is COc1ccc(C(NC(=O)Cc2cc3ccccc3[nH]2)C(=O)Nc2ccc3c(c2)OCCO3)cc1. The molecule has 4 aromatic rings. The second-order valence-electron chi connectivity index (χ2n) is 8.18. The molecule has 0 bridgehead atoms. The first-order valence-electron chi connectivity index (χ1n) is 11.3. The van der Waals surface area contributed by atoms with Crippen LogP contribution in [0, 0.1) is 0 Å². The van der Waals surface area contributed by atoms with Crippen LogP contribution in [0.5, 0.6) is 17.2 Å². The molecule has 1 atom stereocenters. The molecule has 1 unspecified atom stereocenters. The lowest BCUT2D eigenvalue weighted by Crippen LogP contribution is -2.37. The Hall–Kier alpha value is -4.46. The van der Waals surface area contributed by atoms with E-state index in [-0.39, 0.29) is 18.2 Å². The fourth-order valence-electron chi connectivity index (χ4n) is 4.05. The Kier molecular flexibility index (Phi) is 6.26. The van der Waals surface area contributed by atoms with E-state index in [0.29, 0.717) is 41.7 Å². The highest BCUT2D eigenvalue weighted by molar-refractivity contribution is 5.98. The van der Waals surface area contributed by atoms with Crippen LogP contribution in [0.15, 0.2) is 72.8 Å². The number of benzene rings is 3. The molecule has 3 N–H and O–H groups in total. The lowest BCUT2D eigenvalue weighted by molar-refractivity contribution is -0.126. The van der Waals surface area contributed by atoms with Gasteiger partial charge in [0, 0.05) is 23.0 Å². The Bertz CT molecular complexity index is 1330. The van der Waals surface area contributed by atoms with Crippen LogP contribution in [0.2, 0.25) is 0 Å². The second-order valence-corrected chi connectivity index (χ2v) is 8.18. The van der Waals surface area contributed by atoms with Gasteiger partial charge in [-0.1, -0.05) is 30.3 Å². The number of hydrogen-bond donors (Lipinski definition) is 3. The monoisotopic (exact) mass is 471 g/mol. The standard InChI is InChI=1S/C27H25N3O5/c1-33-21-9-6-17(7-10-21)26(27(32)29-19-8-11-23-24(15-19)35-13-12-34-23)30-25(31)16-20-14-18-4-2-3-5-22(18)28-20/h2-11,14-15,26,28H,12-13,16H2,1H3,(H,29,32)(H,30,31). The molecule has 35 heavy (non-hydrogen) atoms. The number of H-pyrrole nitrogens is 1. The third-order valence-electron chi connectivity index (χ3n) is 5.76. The van der Waals surface area contributed by atoms with Gasteiger partial charge < -0.3 is 29.8 Å². The second kappa shape index (κ2) is 9.80. The quantitative estimate of drug-likeness (QED) is 0.378. The van der Waals surface area contributed by atoms with E-state index >= 15 is 0 Å². The fourth-order valence-corrected chi connectivity index (χ4v) is 4.05. The maximum absolute atomic E-state index is 13.3. The van der Waals surface area contributed by atoms with Crippen LogP contribution >= 0.6 is 0 Å². The highest BCUT2D eigenvalue weighted by Gasteiger charge is 2.24. The van der Waals surface area contributed by atoms with Gasteiger partial charge in [-0.05, 0) is 47.3 Å². The molecule has 178 valence electrons. The van der Waals surface area contributed by atoms with Crippen LogP contribution in [-0.4, -0.2) is 37.1 Å². The Morgan fingerprint density at radius 2 is 1.74 bits per heavy atom. The van der Waals surface area contributed by atoms with Crippen LogP contribution in [0.4, 0.5) is 5.69 Å². The molecule has 0 saturated carbocycles. The van der Waals surface area contributed by atoms with Crippen molar-refractivity contribution in [1.29, 1.82) is 0 Å². The molecule has 0 fully saturated rings. The zero-order chi connectivity index (χ0) is 24.2. The molecule has 0 saturated heterocycles. The maximum atomic E-state index is 13.3. The average Bonchev–Trinajstić information content (AvgIpc) is 3.29. The van der Waals surface area contributed by atoms with E-state index in [1.165, 1.54) is 0 Å². The van der Waals surface area contributed by atoms with Gasteiger partial charge in [-0.3, -0.25) is 9.59 Å². The molecule has 1 aromatic heterocycles. The van der Waals surface area contributed by atoms with Gasteiger partial charge in [0.2, 0.25) is 5.91 Å². The number of carbonyl (C=O) groups is 2. The van der Waals surface area contributed by atoms with Crippen LogP contribution in [0.3, 0.4) is 0 Å². The van der Waals surface area contributed by atoms with E-state index in [0.717, 1.165) is 16.6 Å². The maximum Gasteiger partial charge on any atom is 0.251 e. The van der Waals surface area contributed by atoms with Crippen LogP contribution in [0.25, 0.3) is 10.9 Å². The molecule has 0 spiro atoms. The number of carbonyl (C=O) groups excluding carboxylic acids is 2. The number of rotatable bonds is 7. The van der Waals surface area contributed by atoms with Gasteiger partial charge >= 0.3 is 0 Å². The van der Waals surface area contributed by atoms with E-state index in [2.05, 4.69) is 15.6 Å². The Balaban J connectivity index is 1.35. The lowest BCUT2D eigenvalue weighted by atomic mass is 10.0. The van der Waals surface area contributed by atoms with Gasteiger partial charge in [0.05, 0.1) is 13.5 Å². The van der Waals surface area contributed by atoms with Crippen molar-refractivity contribution in [2.75, 3.05) is 25.6 Å². The van der Waals surface area contributed by atoms with Gasteiger partial charge in [0.1, 0.15) is 25.0 Å². The molecule has 8 nitrogen and oxygen atoms in total. The minimum atomic E-state index is -0.911. The number of aromatic nitrogens is 1. The van der Waals surface area contributed by atoms with Crippen molar-refractivity contribution in [2.24, 2.45) is 0 Å². The molecule has 5 rings (SSSR count). The molecule has 8 heteroatoms. The molecular formula is C27H25N3O5. The average molecular weight is 472 g/mol. The summed E-state index contributed by atoms with van der Waals surface area (Å²) in [4.78, 5) is 29.5. The first kappa shape index (κ1) is 22.3. The smallest absolute Gasteiger partial charge is 0.251 e. The summed E-state index contributed by atoms with van der Waals surface area (Å²) < 4.78 is 16.4. The molecule has 1 aliphatic rings. The summed E-state index contributed by atoms with van der Waals surface area (Å²) in [5.41, 5.74) is 2.90. The highest BCUT2D eigenvalue weighted by Crippen LogP contribution is 2.33. The minimum Gasteiger partial charge on any atom is -0.497 e. The number of nitrogens with one attached hydrogen (secondary N) is 3. The number of amides is 2. The molecule has 1 aliphatic heterocycles. The summed E-state index contributed by atoms with van der Waals surface area (Å²) in [7, 11) is 1.57. The van der Waals surface area contributed by atoms with E-state index in [1.807, 2.05) is 30.3 Å². The Morgan fingerprint density at radius 3 is 2.51 bits per heavy atom. The molecule has 0 aliphatic carbocycles. The van der Waals surface area contributed by atoms with Crippen molar-refractivity contribution in [3.63, 3.8) is 0 Å². The van der Waals surface area contributed by atoms with E-state index < -0.39 is 6.04 Å². The van der Waals surface area contributed by atoms with Gasteiger partial charge in [-0.15, -0.1) is 0 Å². The summed E-state index contributed by atoms with van der Waals surface area (Å²) in [5.74, 6) is 1.20. The fraction of sp³-hybridized carbons (Fsp3) is 0.185. The number of fused-ring (bicyclic) bond motifs is 2. The molecule has 3 aromatic carbocycles. The molecule has 2 amide bonds. The lowest BCUT2D eigenvalue weighted by Gasteiger charge is -2.21. The van der Waals surface area contributed by atoms with Crippen LogP contribution < -0.4 is 24.8 Å². The first-order chi connectivity index (χ1) is 17.1. The van der Waals surface area contributed by atoms with E-state index in [9.17, 15) is 9.59 Å². The normalized spacial score (nSPS) is 13.2. The number of methoxy groups -OCH3 is 1. The number of ether oxygens (including phenoxy) is 3. The number of hydrogen-bond acceptors (Lipinski definition) is 5. The summed E-state index contributed by atoms with van der Waals surface area (Å²) >= 11 is 0. The van der Waals surface area contributed by atoms with Crippen LogP contribution in [-0.2, 0) is 16.0 Å². The molecule has 0 radical (unpaired) electrons. The zero-order valence-corrected chi connectivity index (χ0v) is 19.2. The van der Waals surface area contributed by atoms with Crippen molar-refractivity contribution in [2.45, 2.75) is 12.5 Å². The summed E-state index contributed by atoms with van der Waals surface area (Å²) in [6, 6.07) is 21.1. The topological polar surface area (TPSA) is 102 Å². The third kappa shape index (κ3) is 5.06. The predicted octanol–water partition coefficient (Wildman–Crippen LogP) is 3.99. The summed E-state index contributed by atoms with van der Waals surface area (Å²) in [5, 5.41) is 6.79. The number of anilines is 1. The van der Waals surface area contributed by atoms with Crippen molar-refractivity contribution in [3.8, 4) is 17.2 Å². The van der Waals surface area contributed by atoms with Gasteiger partial charge in [0.15, 0.2) is 11.5 Å². The minimum absolute atomic E-state index is 0.110. The van der Waals surface area contributed by atoms with Crippen molar-refractivity contribution < 1.29 is 23.8 Å². The summed E-state index contributed by atoms with van der Waals surface area (Å²) in [6.45, 7) is 0.934. The van der Waals surface area contributed by atoms with Gasteiger partial charge in [-0.2, -0.15) is 0 Å². The van der Waals surface area contributed by atoms with Gasteiger partial charge in [-0.25, -0.2) is 0 Å². The van der Waals surface area contributed by atoms with E-state index in [1.54, 1.807) is 49.6 Å². The van der Waals surface area contributed by atoms with Gasteiger partial charge in [0.25, 0.3) is 5.91 Å². The van der Waals surface area contributed by atoms with Crippen molar-refractivity contribution >= 4 is 28.4 Å².